The average molecular weight is 565 g/mol. The standard InChI is InChI=1S/C31H31F3N4O3/c1-21-8-11-24(12-9-21)38-27-13-10-23(16-22(27)17-35-38)30(40,20-31(32,33)34)26-18-37(28-7-5-4-6-25(26)28)19-29(39)36(2)14-15-41-3/h4-13,16-18,40H,14-15,19-20H2,1-3H3. The molecule has 5 aromatic rings. The van der Waals surface area contributed by atoms with Crippen molar-refractivity contribution in [2.45, 2.75) is 31.7 Å². The number of benzene rings is 3. The summed E-state index contributed by atoms with van der Waals surface area (Å²) in [7, 11) is 3.18. The van der Waals surface area contributed by atoms with Crippen LogP contribution in [0.15, 0.2) is 79.1 Å². The van der Waals surface area contributed by atoms with Crippen LogP contribution in [-0.4, -0.2) is 63.7 Å². The van der Waals surface area contributed by atoms with Crippen LogP contribution >= 0.6 is 0 Å². The molecule has 0 saturated carbocycles. The molecular formula is C31H31F3N4O3. The molecule has 1 N–H and O–H groups in total. The second kappa shape index (κ2) is 11.0. The number of carbonyl (C=O) groups is 1. The third kappa shape index (κ3) is 5.71. The number of aryl methyl sites for hydroxylation is 1. The van der Waals surface area contributed by atoms with E-state index in [1.807, 2.05) is 31.2 Å². The van der Waals surface area contributed by atoms with Gasteiger partial charge in [-0.2, -0.15) is 18.3 Å². The summed E-state index contributed by atoms with van der Waals surface area (Å²) in [6, 6.07) is 19.3. The molecule has 2 heterocycles. The molecule has 0 aliphatic carbocycles. The number of methoxy groups -OCH3 is 1. The first-order valence-corrected chi connectivity index (χ1v) is 13.2. The summed E-state index contributed by atoms with van der Waals surface area (Å²) < 4.78 is 50.6. The van der Waals surface area contributed by atoms with Gasteiger partial charge in [-0.15, -0.1) is 0 Å². The lowest BCUT2D eigenvalue weighted by atomic mass is 9.82. The SMILES string of the molecule is COCCN(C)C(=O)Cn1cc(C(O)(CC(F)(F)F)c2ccc3c(cnn3-c3ccc(C)cc3)c2)c2ccccc21. The fraction of sp³-hybridized carbons (Fsp3) is 0.290. The van der Waals surface area contributed by atoms with Crippen LogP contribution in [0.4, 0.5) is 13.2 Å². The monoisotopic (exact) mass is 564 g/mol. The number of amides is 1. The molecule has 5 rings (SSSR count). The van der Waals surface area contributed by atoms with Crippen LogP contribution in [0.5, 0.6) is 0 Å². The highest BCUT2D eigenvalue weighted by Gasteiger charge is 2.45. The molecule has 0 saturated heterocycles. The van der Waals surface area contributed by atoms with Crippen molar-refractivity contribution >= 4 is 27.7 Å². The van der Waals surface area contributed by atoms with Gasteiger partial charge < -0.3 is 19.3 Å². The first-order chi connectivity index (χ1) is 19.5. The van der Waals surface area contributed by atoms with Crippen molar-refractivity contribution in [2.24, 2.45) is 0 Å². The Morgan fingerprint density at radius 3 is 2.49 bits per heavy atom. The molecule has 7 nitrogen and oxygen atoms in total. The van der Waals surface area contributed by atoms with Gasteiger partial charge in [-0.3, -0.25) is 4.79 Å². The number of ether oxygens (including phenoxy) is 1. The minimum atomic E-state index is -4.69. The predicted molar refractivity (Wildman–Crippen MR) is 151 cm³/mol. The number of aromatic nitrogens is 3. The van der Waals surface area contributed by atoms with E-state index in [0.717, 1.165) is 11.3 Å². The van der Waals surface area contributed by atoms with E-state index >= 15 is 0 Å². The molecule has 10 heteroatoms. The van der Waals surface area contributed by atoms with Gasteiger partial charge in [0.25, 0.3) is 0 Å². The van der Waals surface area contributed by atoms with E-state index in [1.54, 1.807) is 58.9 Å². The number of hydrogen-bond acceptors (Lipinski definition) is 4. The first-order valence-electron chi connectivity index (χ1n) is 13.2. The summed E-state index contributed by atoms with van der Waals surface area (Å²) in [4.78, 5) is 14.4. The number of nitrogens with zero attached hydrogens (tertiary/aromatic N) is 4. The number of rotatable bonds is 9. The number of likely N-dealkylation sites (N-methyl/N-ethyl adjacent to an activating group) is 1. The third-order valence-corrected chi connectivity index (χ3v) is 7.38. The van der Waals surface area contributed by atoms with Crippen LogP contribution in [0.1, 0.15) is 23.1 Å². The Morgan fingerprint density at radius 1 is 1.05 bits per heavy atom. The van der Waals surface area contributed by atoms with E-state index in [9.17, 15) is 23.1 Å². The van der Waals surface area contributed by atoms with E-state index in [1.165, 1.54) is 24.3 Å². The molecule has 0 bridgehead atoms. The molecule has 0 radical (unpaired) electrons. The Bertz CT molecular complexity index is 1690. The van der Waals surface area contributed by atoms with Gasteiger partial charge >= 0.3 is 6.18 Å². The van der Waals surface area contributed by atoms with Gasteiger partial charge in [-0.05, 0) is 42.8 Å². The van der Waals surface area contributed by atoms with Crippen LogP contribution in [0, 0.1) is 6.92 Å². The molecule has 0 aliphatic heterocycles. The van der Waals surface area contributed by atoms with Gasteiger partial charge in [0.15, 0.2) is 0 Å². The van der Waals surface area contributed by atoms with Crippen molar-refractivity contribution in [1.82, 2.24) is 19.2 Å². The van der Waals surface area contributed by atoms with E-state index < -0.39 is 18.2 Å². The fourth-order valence-electron chi connectivity index (χ4n) is 5.15. The van der Waals surface area contributed by atoms with E-state index in [4.69, 9.17) is 4.74 Å². The highest BCUT2D eigenvalue weighted by Crippen LogP contribution is 2.44. The van der Waals surface area contributed by atoms with Crippen molar-refractivity contribution in [1.29, 1.82) is 0 Å². The number of alkyl halides is 3. The quantitative estimate of drug-likeness (QED) is 0.254. The Balaban J connectivity index is 1.61. The minimum absolute atomic E-state index is 0.0723. The van der Waals surface area contributed by atoms with Gasteiger partial charge in [0.2, 0.25) is 5.91 Å². The van der Waals surface area contributed by atoms with Crippen LogP contribution < -0.4 is 0 Å². The molecule has 1 atom stereocenters. The lowest BCUT2D eigenvalue weighted by molar-refractivity contribution is -0.169. The Morgan fingerprint density at radius 2 is 1.78 bits per heavy atom. The zero-order valence-electron chi connectivity index (χ0n) is 23.0. The molecule has 214 valence electrons. The van der Waals surface area contributed by atoms with Gasteiger partial charge in [-0.1, -0.05) is 42.0 Å². The molecule has 41 heavy (non-hydrogen) atoms. The predicted octanol–water partition coefficient (Wildman–Crippen LogP) is 5.58. The second-order valence-corrected chi connectivity index (χ2v) is 10.3. The third-order valence-electron chi connectivity index (χ3n) is 7.38. The van der Waals surface area contributed by atoms with Crippen molar-refractivity contribution in [3.8, 4) is 5.69 Å². The zero-order valence-corrected chi connectivity index (χ0v) is 23.0. The van der Waals surface area contributed by atoms with Gasteiger partial charge in [-0.25, -0.2) is 4.68 Å². The number of para-hydroxylation sites is 1. The largest absolute Gasteiger partial charge is 0.392 e. The summed E-state index contributed by atoms with van der Waals surface area (Å²) in [6.07, 6.45) is -3.16. The molecule has 0 spiro atoms. The first kappa shape index (κ1) is 28.4. The van der Waals surface area contributed by atoms with Crippen LogP contribution in [0.2, 0.25) is 0 Å². The van der Waals surface area contributed by atoms with E-state index in [-0.39, 0.29) is 23.6 Å². The summed E-state index contributed by atoms with van der Waals surface area (Å²) >= 11 is 0. The highest BCUT2D eigenvalue weighted by atomic mass is 19.4. The van der Waals surface area contributed by atoms with Crippen molar-refractivity contribution < 1.29 is 27.8 Å². The number of hydrogen-bond donors (Lipinski definition) is 1. The normalized spacial score (nSPS) is 13.5. The highest BCUT2D eigenvalue weighted by molar-refractivity contribution is 5.88. The number of fused-ring (bicyclic) bond motifs is 2. The second-order valence-electron chi connectivity index (χ2n) is 10.3. The van der Waals surface area contributed by atoms with Crippen LogP contribution in [-0.2, 0) is 21.7 Å². The molecule has 0 fully saturated rings. The molecule has 3 aromatic carbocycles. The number of carbonyl (C=O) groups excluding carboxylic acids is 1. The topological polar surface area (TPSA) is 72.5 Å². The minimum Gasteiger partial charge on any atom is -0.383 e. The van der Waals surface area contributed by atoms with Gasteiger partial charge in [0, 0.05) is 48.8 Å². The number of aliphatic hydroxyl groups is 1. The van der Waals surface area contributed by atoms with Gasteiger partial charge in [0.1, 0.15) is 12.1 Å². The van der Waals surface area contributed by atoms with Crippen molar-refractivity contribution in [3.63, 3.8) is 0 Å². The molecule has 2 aromatic heterocycles. The molecule has 0 aliphatic rings. The smallest absolute Gasteiger partial charge is 0.383 e. The lowest BCUT2D eigenvalue weighted by Crippen LogP contribution is -2.34. The summed E-state index contributed by atoms with van der Waals surface area (Å²) in [5.41, 5.74) is 0.873. The summed E-state index contributed by atoms with van der Waals surface area (Å²) in [5, 5.41) is 17.5. The Hall–Kier alpha value is -4.15. The average Bonchev–Trinajstić information content (AvgIpc) is 3.53. The maximum Gasteiger partial charge on any atom is 0.392 e. The maximum atomic E-state index is 14.1. The fourth-order valence-corrected chi connectivity index (χ4v) is 5.15. The van der Waals surface area contributed by atoms with Gasteiger partial charge in [0.05, 0.1) is 30.4 Å². The molecule has 1 amide bonds. The maximum absolute atomic E-state index is 14.1. The van der Waals surface area contributed by atoms with E-state index in [0.29, 0.717) is 35.0 Å². The lowest BCUT2D eigenvalue weighted by Gasteiger charge is -2.30. The van der Waals surface area contributed by atoms with Crippen LogP contribution in [0.3, 0.4) is 0 Å². The summed E-state index contributed by atoms with van der Waals surface area (Å²) in [6.45, 7) is 2.60. The Labute approximate surface area is 235 Å². The van der Waals surface area contributed by atoms with Crippen molar-refractivity contribution in [2.75, 3.05) is 27.3 Å². The Kier molecular flexibility index (Phi) is 7.63. The molecular weight excluding hydrogens is 533 g/mol. The zero-order chi connectivity index (χ0) is 29.4. The van der Waals surface area contributed by atoms with E-state index in [2.05, 4.69) is 5.10 Å². The summed E-state index contributed by atoms with van der Waals surface area (Å²) in [5.74, 6) is -0.237. The molecule has 1 unspecified atom stereocenters. The van der Waals surface area contributed by atoms with Crippen LogP contribution in [0.25, 0.3) is 27.5 Å². The van der Waals surface area contributed by atoms with Crippen molar-refractivity contribution in [3.05, 3.63) is 95.8 Å². The number of halogens is 3.